The Bertz CT molecular complexity index is 95.5. The summed E-state index contributed by atoms with van der Waals surface area (Å²) in [5.74, 6) is 0.609. The summed E-state index contributed by atoms with van der Waals surface area (Å²) < 4.78 is 19.4. The van der Waals surface area contributed by atoms with Crippen LogP contribution in [0.25, 0.3) is 0 Å². The normalized spacial score (nSPS) is 8.75. The van der Waals surface area contributed by atoms with Crippen molar-refractivity contribution < 1.29 is 27.3 Å². The van der Waals surface area contributed by atoms with E-state index in [0.29, 0.717) is 12.3 Å². The third-order valence-corrected chi connectivity index (χ3v) is 1.33. The molecule has 0 aromatic carbocycles. The summed E-state index contributed by atoms with van der Waals surface area (Å²) in [7, 11) is -1.90. The maximum Gasteiger partial charge on any atom is 1.00 e. The molecule has 0 amide bonds. The zero-order chi connectivity index (χ0) is 5.70. The summed E-state index contributed by atoms with van der Waals surface area (Å²) >= 11 is 5.17. The zero-order valence-electron chi connectivity index (χ0n) is 4.72. The van der Waals surface area contributed by atoms with Gasteiger partial charge in [0, 0.05) is 5.88 Å². The fourth-order valence-corrected chi connectivity index (χ4v) is 0.845. The third-order valence-electron chi connectivity index (χ3n) is 0.445. The zero-order valence-corrected chi connectivity index (χ0v) is 6.30. The molecule has 0 rings (SSSR count). The molecular formula is C3H6ClLiO2S. The molecule has 44 valence electrons. The summed E-state index contributed by atoms with van der Waals surface area (Å²) in [5.41, 5.74) is 0. The van der Waals surface area contributed by atoms with Crippen molar-refractivity contribution in [2.45, 2.75) is 6.42 Å². The van der Waals surface area contributed by atoms with Crippen molar-refractivity contribution in [3.05, 3.63) is 0 Å². The van der Waals surface area contributed by atoms with E-state index in [9.17, 15) is 8.42 Å². The Morgan fingerprint density at radius 1 is 1.38 bits per heavy atom. The van der Waals surface area contributed by atoms with Crippen LogP contribution in [0.15, 0.2) is 0 Å². The molecular weight excluding hydrogens is 142 g/mol. The van der Waals surface area contributed by atoms with E-state index in [4.69, 9.17) is 11.6 Å². The largest absolute Gasteiger partial charge is 1.00 e. The third kappa shape index (κ3) is 9.96. The maximum absolute atomic E-state index is 9.70. The van der Waals surface area contributed by atoms with E-state index in [2.05, 4.69) is 0 Å². The Balaban J connectivity index is 0. The van der Waals surface area contributed by atoms with Gasteiger partial charge in [0.05, 0.1) is 0 Å². The van der Waals surface area contributed by atoms with Gasteiger partial charge in [-0.05, 0) is 0 Å². The molecule has 2 nitrogen and oxygen atoms in total. The molecule has 0 heterocycles. The fourth-order valence-electron chi connectivity index (χ4n) is 0.172. The van der Waals surface area contributed by atoms with Gasteiger partial charge in [-0.25, -0.2) is 0 Å². The molecule has 0 aromatic heterocycles. The van der Waals surface area contributed by atoms with E-state index in [1.54, 1.807) is 0 Å². The van der Waals surface area contributed by atoms with E-state index >= 15 is 0 Å². The van der Waals surface area contributed by atoms with Crippen LogP contribution in [0.3, 0.4) is 0 Å². The minimum atomic E-state index is -1.90. The maximum atomic E-state index is 9.70. The Hall–Kier alpha value is 0.837. The second-order valence-corrected chi connectivity index (χ2v) is 2.44. The van der Waals surface area contributed by atoms with Crippen LogP contribution < -0.4 is 18.9 Å². The molecule has 0 N–H and O–H groups in total. The molecule has 5 heteroatoms. The molecule has 0 radical (unpaired) electrons. The van der Waals surface area contributed by atoms with Crippen molar-refractivity contribution in [1.29, 1.82) is 0 Å². The van der Waals surface area contributed by atoms with E-state index in [-0.39, 0.29) is 24.6 Å². The van der Waals surface area contributed by atoms with Gasteiger partial charge in [-0.1, -0.05) is 22.9 Å². The van der Waals surface area contributed by atoms with Gasteiger partial charge in [0.1, 0.15) is 0 Å². The second-order valence-electron chi connectivity index (χ2n) is 1.05. The van der Waals surface area contributed by atoms with Gasteiger partial charge in [0.2, 0.25) is 0 Å². The Kier molecular flexibility index (Phi) is 11.4. The number of hydrogen-bond donors (Lipinski definition) is 0. The van der Waals surface area contributed by atoms with Crippen molar-refractivity contribution >= 4 is 22.3 Å². The fraction of sp³-hybridized carbons (Fsp3) is 1.00. The van der Waals surface area contributed by atoms with Crippen LogP contribution in [0.1, 0.15) is 6.42 Å². The first-order valence-electron chi connectivity index (χ1n) is 1.89. The van der Waals surface area contributed by atoms with Gasteiger partial charge in [-0.15, -0.1) is 11.6 Å². The van der Waals surface area contributed by atoms with E-state index in [1.807, 2.05) is 0 Å². The standard InChI is InChI=1S/C3H6ClO2S.Li/c4-2-1-3-7(5)6;/h1-3H2;/q-1;+1. The van der Waals surface area contributed by atoms with Gasteiger partial charge in [-0.2, -0.15) is 0 Å². The van der Waals surface area contributed by atoms with E-state index in [1.165, 1.54) is 0 Å². The Morgan fingerprint density at radius 3 is 2.00 bits per heavy atom. The molecule has 0 atom stereocenters. The average molecular weight is 149 g/mol. The molecule has 0 saturated heterocycles. The predicted octanol–water partition coefficient (Wildman–Crippen LogP) is -2.07. The van der Waals surface area contributed by atoms with Gasteiger partial charge >= 0.3 is 18.9 Å². The monoisotopic (exact) mass is 148 g/mol. The van der Waals surface area contributed by atoms with Crippen LogP contribution in [0.2, 0.25) is 0 Å². The first kappa shape index (κ1) is 11.6. The number of alkyl halides is 1. The van der Waals surface area contributed by atoms with Crippen LogP contribution in [-0.4, -0.2) is 11.6 Å². The quantitative estimate of drug-likeness (QED) is 0.262. The Morgan fingerprint density at radius 2 is 1.88 bits per heavy atom. The van der Waals surface area contributed by atoms with Crippen LogP contribution in [0.4, 0.5) is 0 Å². The summed E-state index contributed by atoms with van der Waals surface area (Å²) in [5, 5.41) is 0. The van der Waals surface area contributed by atoms with Crippen molar-refractivity contribution in [2.75, 3.05) is 11.6 Å². The van der Waals surface area contributed by atoms with Crippen molar-refractivity contribution in [1.82, 2.24) is 0 Å². The first-order valence-corrected chi connectivity index (χ1v) is 3.67. The molecule has 0 bridgehead atoms. The first-order chi connectivity index (χ1) is 3.27. The van der Waals surface area contributed by atoms with Gasteiger partial charge < -0.3 is 8.42 Å². The average Bonchev–Trinajstić information content (AvgIpc) is 1.61. The SMILES string of the molecule is O=[S-](=O)CCCCl.[Li+]. The minimum Gasteiger partial charge on any atom is -0.424 e. The van der Waals surface area contributed by atoms with Crippen LogP contribution in [-0.2, 0) is 19.1 Å². The van der Waals surface area contributed by atoms with Crippen molar-refractivity contribution in [2.24, 2.45) is 0 Å². The van der Waals surface area contributed by atoms with E-state index < -0.39 is 10.7 Å². The van der Waals surface area contributed by atoms with Crippen LogP contribution in [0.5, 0.6) is 0 Å². The summed E-state index contributed by atoms with van der Waals surface area (Å²) in [6, 6.07) is 0. The summed E-state index contributed by atoms with van der Waals surface area (Å²) in [6.45, 7) is 0. The van der Waals surface area contributed by atoms with Crippen molar-refractivity contribution in [3.63, 3.8) is 0 Å². The predicted molar refractivity (Wildman–Crippen MR) is 28.9 cm³/mol. The molecule has 0 aliphatic rings. The van der Waals surface area contributed by atoms with Gasteiger partial charge in [-0.3, -0.25) is 0 Å². The molecule has 0 unspecified atom stereocenters. The summed E-state index contributed by atoms with van der Waals surface area (Å²) in [4.78, 5) is 0. The Labute approximate surface area is 67.7 Å². The number of hydrogen-bond acceptors (Lipinski definition) is 3. The smallest absolute Gasteiger partial charge is 0.424 e. The number of halogens is 1. The molecule has 0 saturated carbocycles. The topological polar surface area (TPSA) is 34.1 Å². The molecule has 0 aliphatic carbocycles. The van der Waals surface area contributed by atoms with Gasteiger partial charge in [0.25, 0.3) is 0 Å². The molecule has 0 spiro atoms. The van der Waals surface area contributed by atoms with Gasteiger partial charge in [0.15, 0.2) is 0 Å². The van der Waals surface area contributed by atoms with Crippen molar-refractivity contribution in [3.8, 4) is 0 Å². The molecule has 0 aliphatic heterocycles. The van der Waals surface area contributed by atoms with E-state index in [0.717, 1.165) is 0 Å². The molecule has 8 heavy (non-hydrogen) atoms. The van der Waals surface area contributed by atoms with Crippen LogP contribution >= 0.6 is 11.6 Å². The molecule has 0 fully saturated rings. The second kappa shape index (κ2) is 7.84. The van der Waals surface area contributed by atoms with Crippen LogP contribution in [0, 0.1) is 0 Å². The summed E-state index contributed by atoms with van der Waals surface area (Å²) in [6.07, 6.45) is 0.553. The number of rotatable bonds is 3. The molecule has 0 aromatic rings. The minimum absolute atomic E-state index is 0.